The Morgan fingerprint density at radius 1 is 1.40 bits per heavy atom. The lowest BCUT2D eigenvalue weighted by atomic mass is 10.3. The maximum absolute atomic E-state index is 12.1. The summed E-state index contributed by atoms with van der Waals surface area (Å²) in [5.74, 6) is 0. The number of aryl methyl sites for hydroxylation is 1. The normalized spacial score (nSPS) is 16.0. The van der Waals surface area contributed by atoms with Crippen molar-refractivity contribution >= 4 is 0 Å². The number of rotatable bonds is 4. The number of hydrogen-bond donors (Lipinski definition) is 0. The Bertz CT molecular complexity index is 620. The van der Waals surface area contributed by atoms with Crippen molar-refractivity contribution in [3.8, 4) is 6.07 Å². The van der Waals surface area contributed by atoms with Crippen molar-refractivity contribution in [2.45, 2.75) is 39.1 Å². The van der Waals surface area contributed by atoms with Crippen molar-refractivity contribution in [1.29, 1.82) is 5.26 Å². The highest BCUT2D eigenvalue weighted by Gasteiger charge is 2.16. The van der Waals surface area contributed by atoms with Gasteiger partial charge in [-0.1, -0.05) is 0 Å². The van der Waals surface area contributed by atoms with Crippen LogP contribution in [0.3, 0.4) is 0 Å². The molecule has 0 saturated carbocycles. The Hall–Kier alpha value is -1.91. The van der Waals surface area contributed by atoms with E-state index < -0.39 is 17.5 Å². The molecule has 0 aliphatic carbocycles. The van der Waals surface area contributed by atoms with Gasteiger partial charge in [0, 0.05) is 25.7 Å². The van der Waals surface area contributed by atoms with E-state index in [9.17, 15) is 9.59 Å². The van der Waals surface area contributed by atoms with Gasteiger partial charge in [-0.3, -0.25) is 13.9 Å². The van der Waals surface area contributed by atoms with Crippen LogP contribution in [0, 0.1) is 11.3 Å². The molecule has 1 saturated heterocycles. The van der Waals surface area contributed by atoms with Gasteiger partial charge in [-0.2, -0.15) is 5.26 Å². The Morgan fingerprint density at radius 2 is 2.10 bits per heavy atom. The monoisotopic (exact) mass is 279 g/mol. The van der Waals surface area contributed by atoms with Gasteiger partial charge in [0.15, 0.2) is 6.29 Å². The van der Waals surface area contributed by atoms with Crippen LogP contribution in [0.1, 0.15) is 25.3 Å². The predicted molar refractivity (Wildman–Crippen MR) is 70.3 cm³/mol. The molecule has 0 atom stereocenters. The van der Waals surface area contributed by atoms with Gasteiger partial charge >= 0.3 is 5.69 Å². The van der Waals surface area contributed by atoms with Gasteiger partial charge in [-0.05, 0) is 13.3 Å². The van der Waals surface area contributed by atoms with E-state index in [4.69, 9.17) is 14.7 Å². The highest BCUT2D eigenvalue weighted by molar-refractivity contribution is 5.22. The number of nitrogens with zero attached hydrogens (tertiary/aromatic N) is 3. The minimum absolute atomic E-state index is 0.0306. The fraction of sp³-hybridized carbons (Fsp3) is 0.615. The fourth-order valence-corrected chi connectivity index (χ4v) is 2.09. The van der Waals surface area contributed by atoms with Crippen LogP contribution in [0.25, 0.3) is 0 Å². The van der Waals surface area contributed by atoms with Gasteiger partial charge < -0.3 is 9.47 Å². The van der Waals surface area contributed by atoms with Gasteiger partial charge in [0.2, 0.25) is 0 Å². The minimum atomic E-state index is -0.557. The van der Waals surface area contributed by atoms with E-state index in [0.29, 0.717) is 26.2 Å². The SMILES string of the molecule is CCn1cc(C#N)c(=O)n(CCC2OCCCO2)c1=O. The molecule has 0 spiro atoms. The molecule has 7 heteroatoms. The topological polar surface area (TPSA) is 86.2 Å². The second kappa shape index (κ2) is 6.50. The third-order valence-electron chi connectivity index (χ3n) is 3.18. The Labute approximate surface area is 116 Å². The average molecular weight is 279 g/mol. The summed E-state index contributed by atoms with van der Waals surface area (Å²) in [5, 5.41) is 8.94. The van der Waals surface area contributed by atoms with Crippen molar-refractivity contribution in [2.24, 2.45) is 0 Å². The molecule has 2 rings (SSSR count). The van der Waals surface area contributed by atoms with Crippen LogP contribution in [0.2, 0.25) is 0 Å². The Morgan fingerprint density at radius 3 is 2.70 bits per heavy atom. The van der Waals surface area contributed by atoms with Crippen molar-refractivity contribution in [3.05, 3.63) is 32.6 Å². The molecule has 0 amide bonds. The standard InChI is InChI=1S/C13H17N3O4/c1-2-15-9-10(8-14)12(17)16(13(15)18)5-4-11-19-6-3-7-20-11/h9,11H,2-7H2,1H3. The minimum Gasteiger partial charge on any atom is -0.353 e. The Balaban J connectivity index is 2.24. The molecule has 2 heterocycles. The maximum atomic E-state index is 12.1. The van der Waals surface area contributed by atoms with Crippen LogP contribution < -0.4 is 11.2 Å². The van der Waals surface area contributed by atoms with Gasteiger partial charge in [0.1, 0.15) is 11.6 Å². The number of nitriles is 1. The van der Waals surface area contributed by atoms with Gasteiger partial charge in [-0.25, -0.2) is 4.79 Å². The molecule has 1 aliphatic heterocycles. The first kappa shape index (κ1) is 14.5. The highest BCUT2D eigenvalue weighted by atomic mass is 16.7. The molecule has 0 N–H and O–H groups in total. The third kappa shape index (κ3) is 2.98. The quantitative estimate of drug-likeness (QED) is 0.777. The average Bonchev–Trinajstić information content (AvgIpc) is 2.48. The first-order valence-electron chi connectivity index (χ1n) is 6.65. The maximum Gasteiger partial charge on any atom is 0.331 e. The molecule has 0 radical (unpaired) electrons. The molecule has 1 aromatic heterocycles. The fourth-order valence-electron chi connectivity index (χ4n) is 2.09. The van der Waals surface area contributed by atoms with E-state index >= 15 is 0 Å². The summed E-state index contributed by atoms with van der Waals surface area (Å²) < 4.78 is 13.2. The lowest BCUT2D eigenvalue weighted by Gasteiger charge is -2.23. The van der Waals surface area contributed by atoms with E-state index in [-0.39, 0.29) is 12.1 Å². The molecule has 0 aromatic carbocycles. The first-order chi connectivity index (χ1) is 9.67. The number of ether oxygens (including phenoxy) is 2. The lowest BCUT2D eigenvalue weighted by Crippen LogP contribution is -2.41. The van der Waals surface area contributed by atoms with Gasteiger partial charge in [-0.15, -0.1) is 0 Å². The van der Waals surface area contributed by atoms with Gasteiger partial charge in [0.25, 0.3) is 5.56 Å². The summed E-state index contributed by atoms with van der Waals surface area (Å²) in [6, 6.07) is 1.82. The largest absolute Gasteiger partial charge is 0.353 e. The molecule has 1 fully saturated rings. The van der Waals surface area contributed by atoms with Crippen LogP contribution in [0.4, 0.5) is 0 Å². The summed E-state index contributed by atoms with van der Waals surface area (Å²) >= 11 is 0. The van der Waals surface area contributed by atoms with E-state index in [0.717, 1.165) is 11.0 Å². The third-order valence-corrected chi connectivity index (χ3v) is 3.18. The van der Waals surface area contributed by atoms with Crippen LogP contribution in [0.15, 0.2) is 15.8 Å². The van der Waals surface area contributed by atoms with E-state index in [2.05, 4.69) is 0 Å². The summed E-state index contributed by atoms with van der Waals surface area (Å²) in [6.07, 6.45) is 2.17. The Kier molecular flexibility index (Phi) is 4.71. The van der Waals surface area contributed by atoms with Crippen LogP contribution in [0.5, 0.6) is 0 Å². The van der Waals surface area contributed by atoms with E-state index in [1.165, 1.54) is 10.8 Å². The first-order valence-corrected chi connectivity index (χ1v) is 6.65. The summed E-state index contributed by atoms with van der Waals surface area (Å²) in [5.41, 5.74) is -0.998. The molecule has 0 unspecified atom stereocenters. The molecule has 7 nitrogen and oxygen atoms in total. The van der Waals surface area contributed by atoms with Gasteiger partial charge in [0.05, 0.1) is 13.2 Å². The van der Waals surface area contributed by atoms with Crippen molar-refractivity contribution in [1.82, 2.24) is 9.13 Å². The second-order valence-electron chi connectivity index (χ2n) is 4.49. The summed E-state index contributed by atoms with van der Waals surface area (Å²) in [4.78, 5) is 24.1. The molecule has 1 aliphatic rings. The highest BCUT2D eigenvalue weighted by Crippen LogP contribution is 2.08. The zero-order valence-electron chi connectivity index (χ0n) is 11.4. The molecular weight excluding hydrogens is 262 g/mol. The molecule has 1 aromatic rings. The van der Waals surface area contributed by atoms with E-state index in [1.54, 1.807) is 6.92 Å². The van der Waals surface area contributed by atoms with Crippen LogP contribution in [-0.4, -0.2) is 28.6 Å². The number of hydrogen-bond acceptors (Lipinski definition) is 5. The zero-order valence-corrected chi connectivity index (χ0v) is 11.4. The summed E-state index contributed by atoms with van der Waals surface area (Å²) in [7, 11) is 0. The summed E-state index contributed by atoms with van der Waals surface area (Å²) in [6.45, 7) is 3.61. The number of aromatic nitrogens is 2. The molecule has 20 heavy (non-hydrogen) atoms. The molecule has 108 valence electrons. The van der Waals surface area contributed by atoms with E-state index in [1.807, 2.05) is 6.07 Å². The van der Waals surface area contributed by atoms with Crippen molar-refractivity contribution < 1.29 is 9.47 Å². The smallest absolute Gasteiger partial charge is 0.331 e. The molecule has 0 bridgehead atoms. The molecular formula is C13H17N3O4. The van der Waals surface area contributed by atoms with Crippen molar-refractivity contribution in [3.63, 3.8) is 0 Å². The van der Waals surface area contributed by atoms with Crippen molar-refractivity contribution in [2.75, 3.05) is 13.2 Å². The lowest BCUT2D eigenvalue weighted by molar-refractivity contribution is -0.182. The predicted octanol–water partition coefficient (Wildman–Crippen LogP) is 0.0547. The van der Waals surface area contributed by atoms with Crippen LogP contribution in [-0.2, 0) is 22.6 Å². The second-order valence-corrected chi connectivity index (χ2v) is 4.49. The zero-order chi connectivity index (χ0) is 14.5. The van der Waals surface area contributed by atoms with Crippen LogP contribution >= 0.6 is 0 Å².